The molecule has 0 N–H and O–H groups in total. The predicted molar refractivity (Wildman–Crippen MR) is 74.4 cm³/mol. The van der Waals surface area contributed by atoms with E-state index < -0.39 is 18.1 Å². The molecule has 8 heteroatoms. The highest BCUT2D eigenvalue weighted by atomic mass is 127. The number of hydrogen-bond acceptors (Lipinski definition) is 2. The molecule has 0 fully saturated rings. The summed E-state index contributed by atoms with van der Waals surface area (Å²) in [5, 5.41) is 0. The third kappa shape index (κ3) is 5.60. The monoisotopic (exact) mass is 420 g/mol. The number of alkyl halides is 5. The largest absolute Gasteiger partial charge is 0.462 e. The van der Waals surface area contributed by atoms with Gasteiger partial charge in [-0.3, -0.25) is 0 Å². The summed E-state index contributed by atoms with van der Waals surface area (Å²) in [7, 11) is 0. The Morgan fingerprint density at radius 2 is 1.71 bits per heavy atom. The highest BCUT2D eigenvalue weighted by Gasteiger charge is 2.55. The normalized spacial score (nSPS) is 13.1. The maximum Gasteiger partial charge on any atom is 0.457 e. The zero-order chi connectivity index (χ0) is 16.1. The first-order chi connectivity index (χ1) is 9.63. The third-order valence-corrected chi connectivity index (χ3v) is 3.15. The zero-order valence-electron chi connectivity index (χ0n) is 10.5. The minimum Gasteiger partial charge on any atom is -0.462 e. The van der Waals surface area contributed by atoms with E-state index in [1.54, 1.807) is 18.2 Å². The number of carbonyl (C=O) groups is 1. The molecule has 1 rings (SSSR count). The van der Waals surface area contributed by atoms with Crippen LogP contribution in [0, 0.1) is 0 Å². The number of halogens is 6. The highest BCUT2D eigenvalue weighted by molar-refractivity contribution is 14.1. The van der Waals surface area contributed by atoms with Crippen molar-refractivity contribution in [2.24, 2.45) is 0 Å². The van der Waals surface area contributed by atoms with Gasteiger partial charge < -0.3 is 4.74 Å². The van der Waals surface area contributed by atoms with Crippen LogP contribution in [0.3, 0.4) is 0 Å². The molecule has 0 aliphatic rings. The van der Waals surface area contributed by atoms with Crippen molar-refractivity contribution < 1.29 is 31.5 Å². The molecule has 0 amide bonds. The quantitative estimate of drug-likeness (QED) is 0.391. The number of ether oxygens (including phenoxy) is 1. The Labute approximate surface area is 131 Å². The molecule has 0 spiro atoms. The van der Waals surface area contributed by atoms with Gasteiger partial charge in [-0.05, 0) is 38.3 Å². The molecule has 0 atom stereocenters. The van der Waals surface area contributed by atoms with Gasteiger partial charge in [-0.2, -0.15) is 22.0 Å². The predicted octanol–water partition coefficient (Wildman–Crippen LogP) is 4.75. The van der Waals surface area contributed by atoms with Gasteiger partial charge >= 0.3 is 18.1 Å². The molecule has 1 aromatic carbocycles. The Hall–Kier alpha value is -1.19. The fraction of sp³-hybridized carbons (Fsp3) is 0.308. The fourth-order valence-electron chi connectivity index (χ4n) is 1.25. The zero-order valence-corrected chi connectivity index (χ0v) is 12.6. The van der Waals surface area contributed by atoms with Crippen molar-refractivity contribution in [3.05, 3.63) is 45.6 Å². The number of hydrogen-bond donors (Lipinski definition) is 0. The van der Waals surface area contributed by atoms with Crippen LogP contribution in [0.15, 0.2) is 40.0 Å². The molecule has 116 valence electrons. The lowest BCUT2D eigenvalue weighted by molar-refractivity contribution is -0.259. The lowest BCUT2D eigenvalue weighted by Gasteiger charge is -2.16. The molecule has 0 aliphatic heterocycles. The second-order valence-corrected chi connectivity index (χ2v) is 5.35. The summed E-state index contributed by atoms with van der Waals surface area (Å²) in [4.78, 5) is 11.5. The Balaban J connectivity index is 2.51. The van der Waals surface area contributed by atoms with Crippen molar-refractivity contribution in [2.45, 2.75) is 18.5 Å². The molecule has 0 saturated carbocycles. The van der Waals surface area contributed by atoms with Crippen LogP contribution in [-0.2, 0) is 4.74 Å². The van der Waals surface area contributed by atoms with Gasteiger partial charge in [0.2, 0.25) is 0 Å². The van der Waals surface area contributed by atoms with E-state index in [0.717, 1.165) is 0 Å². The molecule has 0 radical (unpaired) electrons. The van der Waals surface area contributed by atoms with Crippen LogP contribution in [0.2, 0.25) is 0 Å². The van der Waals surface area contributed by atoms with Crippen molar-refractivity contribution in [1.82, 2.24) is 0 Å². The molecular formula is C13H10F5IO2. The number of benzene rings is 1. The van der Waals surface area contributed by atoms with Crippen LogP contribution >= 0.6 is 22.6 Å². The summed E-state index contributed by atoms with van der Waals surface area (Å²) in [6.07, 6.45) is -6.03. The first kappa shape index (κ1) is 17.9. The van der Waals surface area contributed by atoms with Gasteiger partial charge in [-0.1, -0.05) is 18.2 Å². The van der Waals surface area contributed by atoms with Crippen molar-refractivity contribution >= 4 is 28.6 Å². The molecule has 2 nitrogen and oxygen atoms in total. The Morgan fingerprint density at radius 3 is 2.24 bits per heavy atom. The third-order valence-electron chi connectivity index (χ3n) is 2.30. The summed E-state index contributed by atoms with van der Waals surface area (Å²) in [5.41, 5.74) is 0.275. The van der Waals surface area contributed by atoms with E-state index in [1.807, 2.05) is 0 Å². The smallest absolute Gasteiger partial charge is 0.457 e. The van der Waals surface area contributed by atoms with Crippen LogP contribution in [0.4, 0.5) is 22.0 Å². The molecule has 0 saturated heterocycles. The SMILES string of the molecule is O=C(OCCC(I)=CC(F)(F)C(F)(F)F)c1ccccc1. The first-order valence-corrected chi connectivity index (χ1v) is 6.75. The van der Waals surface area contributed by atoms with E-state index in [0.29, 0.717) is 0 Å². The van der Waals surface area contributed by atoms with Crippen molar-refractivity contribution in [2.75, 3.05) is 6.61 Å². The van der Waals surface area contributed by atoms with Crippen LogP contribution < -0.4 is 0 Å². The molecule has 0 heterocycles. The van der Waals surface area contributed by atoms with E-state index in [4.69, 9.17) is 4.74 Å². The number of rotatable bonds is 5. The van der Waals surface area contributed by atoms with Crippen molar-refractivity contribution in [1.29, 1.82) is 0 Å². The molecule has 0 aliphatic carbocycles. The lowest BCUT2D eigenvalue weighted by atomic mass is 10.2. The summed E-state index contributed by atoms with van der Waals surface area (Å²) >= 11 is 1.36. The standard InChI is InChI=1S/C13H10F5IO2/c14-12(15,13(16,17)18)8-10(19)6-7-21-11(20)9-4-2-1-3-5-9/h1-5,8H,6-7H2. The lowest BCUT2D eigenvalue weighted by Crippen LogP contribution is -2.34. The summed E-state index contributed by atoms with van der Waals surface area (Å²) < 4.78 is 65.9. The summed E-state index contributed by atoms with van der Waals surface area (Å²) in [6.45, 7) is -0.281. The van der Waals surface area contributed by atoms with Crippen LogP contribution in [0.5, 0.6) is 0 Å². The van der Waals surface area contributed by atoms with Gasteiger partial charge in [0, 0.05) is 12.5 Å². The number of esters is 1. The number of carbonyl (C=O) groups excluding carboxylic acids is 1. The van der Waals surface area contributed by atoms with E-state index in [1.165, 1.54) is 34.7 Å². The highest BCUT2D eigenvalue weighted by Crippen LogP contribution is 2.38. The van der Waals surface area contributed by atoms with Crippen LogP contribution in [0.25, 0.3) is 0 Å². The maximum absolute atomic E-state index is 12.7. The van der Waals surface area contributed by atoms with Crippen LogP contribution in [-0.4, -0.2) is 24.7 Å². The Morgan fingerprint density at radius 1 is 1.14 bits per heavy atom. The first-order valence-electron chi connectivity index (χ1n) is 5.67. The molecular weight excluding hydrogens is 410 g/mol. The topological polar surface area (TPSA) is 26.3 Å². The molecule has 0 unspecified atom stereocenters. The van der Waals surface area contributed by atoms with E-state index in [2.05, 4.69) is 0 Å². The Kier molecular flexibility index (Phi) is 6.11. The van der Waals surface area contributed by atoms with Crippen LogP contribution in [0.1, 0.15) is 16.8 Å². The van der Waals surface area contributed by atoms with E-state index >= 15 is 0 Å². The minimum atomic E-state index is -5.63. The molecule has 0 bridgehead atoms. The molecule has 21 heavy (non-hydrogen) atoms. The second kappa shape index (κ2) is 7.19. The average molecular weight is 420 g/mol. The van der Waals surface area contributed by atoms with Crippen molar-refractivity contribution in [3.8, 4) is 0 Å². The van der Waals surface area contributed by atoms with Gasteiger partial charge in [-0.25, -0.2) is 4.79 Å². The Bertz CT molecular complexity index is 511. The van der Waals surface area contributed by atoms with Gasteiger partial charge in [-0.15, -0.1) is 0 Å². The van der Waals surface area contributed by atoms with Gasteiger partial charge in [0.15, 0.2) is 0 Å². The fourth-order valence-corrected chi connectivity index (χ4v) is 1.86. The van der Waals surface area contributed by atoms with Gasteiger partial charge in [0.1, 0.15) is 0 Å². The van der Waals surface area contributed by atoms with Gasteiger partial charge in [0.25, 0.3) is 0 Å². The van der Waals surface area contributed by atoms with E-state index in [-0.39, 0.29) is 28.2 Å². The average Bonchev–Trinajstić information content (AvgIpc) is 2.37. The second-order valence-electron chi connectivity index (χ2n) is 3.96. The summed E-state index contributed by atoms with van der Waals surface area (Å²) in [5.74, 6) is -5.56. The number of allylic oxidation sites excluding steroid dienone is 1. The maximum atomic E-state index is 12.7. The van der Waals surface area contributed by atoms with Gasteiger partial charge in [0.05, 0.1) is 12.2 Å². The van der Waals surface area contributed by atoms with Crippen molar-refractivity contribution in [3.63, 3.8) is 0 Å². The molecule has 0 aromatic heterocycles. The van der Waals surface area contributed by atoms with E-state index in [9.17, 15) is 26.7 Å². The summed E-state index contributed by atoms with van der Waals surface area (Å²) in [6, 6.07) is 7.93. The molecule has 1 aromatic rings. The minimum absolute atomic E-state index is 0.177.